The number of methoxy groups -OCH3 is 1. The minimum Gasteiger partial charge on any atom is -0.497 e. The first-order chi connectivity index (χ1) is 8.00. The standard InChI is InChI=1S/C12H14N2O3/c1-12(2,15)11-14-13-10(17-11)8-5-4-6-9(7-8)16-3/h4-7,15H,1-3H3. The maximum Gasteiger partial charge on any atom is 0.248 e. The van der Waals surface area contributed by atoms with Gasteiger partial charge in [0.1, 0.15) is 11.4 Å². The molecule has 17 heavy (non-hydrogen) atoms. The zero-order valence-corrected chi connectivity index (χ0v) is 9.97. The van der Waals surface area contributed by atoms with E-state index in [9.17, 15) is 5.11 Å². The smallest absolute Gasteiger partial charge is 0.248 e. The van der Waals surface area contributed by atoms with Gasteiger partial charge in [0.25, 0.3) is 0 Å². The van der Waals surface area contributed by atoms with E-state index >= 15 is 0 Å². The predicted octanol–water partition coefficient (Wildman–Crippen LogP) is 1.97. The van der Waals surface area contributed by atoms with Gasteiger partial charge in [0.2, 0.25) is 11.8 Å². The summed E-state index contributed by atoms with van der Waals surface area (Å²) in [6.07, 6.45) is 0. The SMILES string of the molecule is COc1cccc(-c2nnc(C(C)(C)O)o2)c1. The van der Waals surface area contributed by atoms with Crippen LogP contribution in [0.3, 0.4) is 0 Å². The Labute approximate surface area is 99.1 Å². The van der Waals surface area contributed by atoms with Crippen molar-refractivity contribution in [3.63, 3.8) is 0 Å². The van der Waals surface area contributed by atoms with Crippen molar-refractivity contribution < 1.29 is 14.3 Å². The minimum absolute atomic E-state index is 0.190. The third-order valence-corrected chi connectivity index (χ3v) is 2.27. The molecule has 5 nitrogen and oxygen atoms in total. The van der Waals surface area contributed by atoms with Crippen LogP contribution in [0.25, 0.3) is 11.5 Å². The number of nitrogens with zero attached hydrogens (tertiary/aromatic N) is 2. The summed E-state index contributed by atoms with van der Waals surface area (Å²) in [7, 11) is 1.59. The average molecular weight is 234 g/mol. The fraction of sp³-hybridized carbons (Fsp3) is 0.333. The van der Waals surface area contributed by atoms with Crippen molar-refractivity contribution in [1.82, 2.24) is 10.2 Å². The second-order valence-electron chi connectivity index (χ2n) is 4.20. The van der Waals surface area contributed by atoms with Gasteiger partial charge in [0.15, 0.2) is 0 Å². The molecule has 0 fully saturated rings. The Morgan fingerprint density at radius 1 is 1.29 bits per heavy atom. The highest BCUT2D eigenvalue weighted by atomic mass is 16.5. The number of aromatic nitrogens is 2. The summed E-state index contributed by atoms with van der Waals surface area (Å²) in [4.78, 5) is 0. The molecule has 0 spiro atoms. The van der Waals surface area contributed by atoms with Crippen molar-refractivity contribution >= 4 is 0 Å². The van der Waals surface area contributed by atoms with Gasteiger partial charge in [-0.1, -0.05) is 6.07 Å². The summed E-state index contributed by atoms with van der Waals surface area (Å²) in [6, 6.07) is 7.30. The van der Waals surface area contributed by atoms with Crippen LogP contribution in [0.4, 0.5) is 0 Å². The van der Waals surface area contributed by atoms with Gasteiger partial charge in [0, 0.05) is 5.56 Å². The minimum atomic E-state index is -1.13. The van der Waals surface area contributed by atoms with E-state index in [1.807, 2.05) is 18.2 Å². The molecule has 2 aromatic rings. The lowest BCUT2D eigenvalue weighted by atomic mass is 10.1. The molecule has 0 atom stereocenters. The van der Waals surface area contributed by atoms with E-state index in [1.54, 1.807) is 27.0 Å². The number of ether oxygens (including phenoxy) is 1. The molecule has 90 valence electrons. The van der Waals surface area contributed by atoms with Crippen LogP contribution in [-0.2, 0) is 5.60 Å². The summed E-state index contributed by atoms with van der Waals surface area (Å²) < 4.78 is 10.5. The Kier molecular flexibility index (Phi) is 2.85. The van der Waals surface area contributed by atoms with Gasteiger partial charge < -0.3 is 14.3 Å². The van der Waals surface area contributed by atoms with Crippen molar-refractivity contribution in [1.29, 1.82) is 0 Å². The average Bonchev–Trinajstić information content (AvgIpc) is 2.78. The lowest BCUT2D eigenvalue weighted by Gasteiger charge is -2.09. The molecule has 0 bridgehead atoms. The van der Waals surface area contributed by atoms with Gasteiger partial charge in [-0.15, -0.1) is 10.2 Å². The zero-order valence-electron chi connectivity index (χ0n) is 9.97. The Hall–Kier alpha value is -1.88. The van der Waals surface area contributed by atoms with Crippen LogP contribution in [0.1, 0.15) is 19.7 Å². The van der Waals surface area contributed by atoms with Crippen LogP contribution >= 0.6 is 0 Å². The third kappa shape index (κ3) is 2.45. The molecule has 0 aliphatic heterocycles. The largest absolute Gasteiger partial charge is 0.497 e. The van der Waals surface area contributed by atoms with Crippen molar-refractivity contribution in [2.75, 3.05) is 7.11 Å². The monoisotopic (exact) mass is 234 g/mol. The Bertz CT molecular complexity index is 514. The van der Waals surface area contributed by atoms with Gasteiger partial charge in [-0.25, -0.2) is 0 Å². The molecule has 0 aliphatic rings. The molecule has 1 aromatic heterocycles. The van der Waals surface area contributed by atoms with Gasteiger partial charge in [0.05, 0.1) is 7.11 Å². The van der Waals surface area contributed by atoms with Gasteiger partial charge in [-0.05, 0) is 32.0 Å². The number of rotatable bonds is 3. The first kappa shape index (κ1) is 11.6. The Balaban J connectivity index is 2.37. The Morgan fingerprint density at radius 3 is 2.65 bits per heavy atom. The maximum atomic E-state index is 9.73. The molecule has 0 aliphatic carbocycles. The van der Waals surface area contributed by atoms with Crippen molar-refractivity contribution in [3.05, 3.63) is 30.2 Å². The van der Waals surface area contributed by atoms with Crippen LogP contribution < -0.4 is 4.74 Å². The Morgan fingerprint density at radius 2 is 2.06 bits per heavy atom. The molecule has 0 saturated heterocycles. The van der Waals surface area contributed by atoms with Crippen molar-refractivity contribution in [2.45, 2.75) is 19.4 Å². The van der Waals surface area contributed by atoms with Gasteiger partial charge in [-0.2, -0.15) is 0 Å². The van der Waals surface area contributed by atoms with Crippen molar-refractivity contribution in [3.8, 4) is 17.2 Å². The van der Waals surface area contributed by atoms with E-state index in [4.69, 9.17) is 9.15 Å². The summed E-state index contributed by atoms with van der Waals surface area (Å²) in [5, 5.41) is 17.4. The molecule has 0 radical (unpaired) electrons. The normalized spacial score (nSPS) is 11.5. The number of benzene rings is 1. The molecular formula is C12H14N2O3. The quantitative estimate of drug-likeness (QED) is 0.879. The molecule has 0 saturated carbocycles. The van der Waals surface area contributed by atoms with E-state index < -0.39 is 5.60 Å². The molecule has 0 unspecified atom stereocenters. The van der Waals surface area contributed by atoms with E-state index in [-0.39, 0.29) is 5.89 Å². The lowest BCUT2D eigenvalue weighted by Crippen LogP contribution is -2.15. The number of hydrogen-bond donors (Lipinski definition) is 1. The number of aliphatic hydroxyl groups is 1. The second kappa shape index (κ2) is 4.18. The van der Waals surface area contributed by atoms with E-state index in [1.165, 1.54) is 0 Å². The number of hydrogen-bond acceptors (Lipinski definition) is 5. The van der Waals surface area contributed by atoms with E-state index in [0.29, 0.717) is 11.6 Å². The van der Waals surface area contributed by atoms with Crippen LogP contribution in [-0.4, -0.2) is 22.4 Å². The van der Waals surface area contributed by atoms with Crippen LogP contribution in [0.15, 0.2) is 28.7 Å². The topological polar surface area (TPSA) is 68.4 Å². The molecule has 0 amide bonds. The molecule has 5 heteroatoms. The highest BCUT2D eigenvalue weighted by molar-refractivity contribution is 5.55. The van der Waals surface area contributed by atoms with E-state index in [0.717, 1.165) is 5.56 Å². The van der Waals surface area contributed by atoms with E-state index in [2.05, 4.69) is 10.2 Å². The fourth-order valence-corrected chi connectivity index (χ4v) is 1.34. The molecule has 1 N–H and O–H groups in total. The second-order valence-corrected chi connectivity index (χ2v) is 4.20. The first-order valence-corrected chi connectivity index (χ1v) is 5.21. The highest BCUT2D eigenvalue weighted by Gasteiger charge is 2.24. The van der Waals surface area contributed by atoms with Crippen LogP contribution in [0.5, 0.6) is 5.75 Å². The predicted molar refractivity (Wildman–Crippen MR) is 61.5 cm³/mol. The summed E-state index contributed by atoms with van der Waals surface area (Å²) >= 11 is 0. The lowest BCUT2D eigenvalue weighted by molar-refractivity contribution is 0.0488. The molecule has 2 rings (SSSR count). The van der Waals surface area contributed by atoms with Crippen molar-refractivity contribution in [2.24, 2.45) is 0 Å². The highest BCUT2D eigenvalue weighted by Crippen LogP contribution is 2.25. The zero-order chi connectivity index (χ0) is 12.5. The first-order valence-electron chi connectivity index (χ1n) is 5.21. The van der Waals surface area contributed by atoms with Crippen LogP contribution in [0, 0.1) is 0 Å². The molecule has 1 heterocycles. The molecular weight excluding hydrogens is 220 g/mol. The fourth-order valence-electron chi connectivity index (χ4n) is 1.34. The third-order valence-electron chi connectivity index (χ3n) is 2.27. The van der Waals surface area contributed by atoms with Gasteiger partial charge >= 0.3 is 0 Å². The van der Waals surface area contributed by atoms with Crippen LogP contribution in [0.2, 0.25) is 0 Å². The van der Waals surface area contributed by atoms with Gasteiger partial charge in [-0.3, -0.25) is 0 Å². The summed E-state index contributed by atoms with van der Waals surface area (Å²) in [5.41, 5.74) is -0.378. The summed E-state index contributed by atoms with van der Waals surface area (Å²) in [6.45, 7) is 3.19. The molecule has 1 aromatic carbocycles. The maximum absolute atomic E-state index is 9.73. The summed E-state index contributed by atoms with van der Waals surface area (Å²) in [5.74, 6) is 1.27.